The normalized spacial score (nSPS) is 25.0. The lowest BCUT2D eigenvalue weighted by Crippen LogP contribution is -2.28. The van der Waals surface area contributed by atoms with Crippen LogP contribution in [0, 0.1) is 23.5 Å². The van der Waals surface area contributed by atoms with Gasteiger partial charge < -0.3 is 10.8 Å². The molecule has 3 nitrogen and oxygen atoms in total. The van der Waals surface area contributed by atoms with Crippen molar-refractivity contribution in [3.8, 4) is 0 Å². The molecule has 0 aromatic heterocycles. The summed E-state index contributed by atoms with van der Waals surface area (Å²) in [5.74, 6) is -2.72. The van der Waals surface area contributed by atoms with E-state index in [0.29, 0.717) is 31.2 Å². The molecular weight excluding hydrogens is 252 g/mol. The minimum atomic E-state index is -0.896. The molecule has 0 spiro atoms. The number of hydrogen-bond donors (Lipinski definition) is 2. The van der Waals surface area contributed by atoms with Crippen LogP contribution in [0.2, 0.25) is 0 Å². The van der Waals surface area contributed by atoms with Crippen molar-refractivity contribution in [1.82, 2.24) is 0 Å². The third-order valence-electron chi connectivity index (χ3n) is 3.96. The van der Waals surface area contributed by atoms with Gasteiger partial charge in [-0.25, -0.2) is 8.78 Å². The zero-order valence-electron chi connectivity index (χ0n) is 10.5. The molecule has 1 atom stereocenters. The first-order chi connectivity index (χ1) is 8.99. The van der Waals surface area contributed by atoms with E-state index in [2.05, 4.69) is 0 Å². The predicted octanol–water partition coefficient (Wildman–Crippen LogP) is 2.86. The maximum Gasteiger partial charge on any atom is 0.306 e. The van der Waals surface area contributed by atoms with Gasteiger partial charge in [-0.3, -0.25) is 4.79 Å². The molecule has 1 saturated carbocycles. The van der Waals surface area contributed by atoms with Crippen molar-refractivity contribution in [1.29, 1.82) is 0 Å². The van der Waals surface area contributed by atoms with Crippen LogP contribution in [-0.4, -0.2) is 11.1 Å². The molecule has 104 valence electrons. The molecule has 0 bridgehead atoms. The predicted molar refractivity (Wildman–Crippen MR) is 66.4 cm³/mol. The van der Waals surface area contributed by atoms with Gasteiger partial charge in [0.05, 0.1) is 5.92 Å². The van der Waals surface area contributed by atoms with E-state index in [0.717, 1.165) is 12.1 Å². The summed E-state index contributed by atoms with van der Waals surface area (Å²) in [5.41, 5.74) is 6.64. The van der Waals surface area contributed by atoms with E-state index >= 15 is 0 Å². The Morgan fingerprint density at radius 2 is 1.84 bits per heavy atom. The third-order valence-corrected chi connectivity index (χ3v) is 3.96. The molecule has 1 unspecified atom stereocenters. The summed E-state index contributed by atoms with van der Waals surface area (Å²) in [6.07, 6.45) is 2.60. The van der Waals surface area contributed by atoms with E-state index < -0.39 is 17.6 Å². The average Bonchev–Trinajstić information content (AvgIpc) is 2.41. The molecule has 0 amide bonds. The minimum absolute atomic E-state index is 0.125. The van der Waals surface area contributed by atoms with Gasteiger partial charge in [-0.1, -0.05) is 6.07 Å². The number of hydrogen-bond acceptors (Lipinski definition) is 2. The lowest BCUT2D eigenvalue weighted by molar-refractivity contribution is -0.143. The summed E-state index contributed by atoms with van der Waals surface area (Å²) in [6.45, 7) is 0. The molecule has 0 aliphatic heterocycles. The average molecular weight is 269 g/mol. The van der Waals surface area contributed by atoms with Crippen LogP contribution in [0.3, 0.4) is 0 Å². The molecule has 3 N–H and O–H groups in total. The maximum atomic E-state index is 13.2. The minimum Gasteiger partial charge on any atom is -0.481 e. The summed E-state index contributed by atoms with van der Waals surface area (Å²) in [7, 11) is 0. The van der Waals surface area contributed by atoms with Crippen LogP contribution in [0.1, 0.15) is 37.3 Å². The van der Waals surface area contributed by atoms with Crippen LogP contribution in [-0.2, 0) is 4.79 Å². The van der Waals surface area contributed by atoms with Crippen molar-refractivity contribution < 1.29 is 18.7 Å². The topological polar surface area (TPSA) is 63.3 Å². The van der Waals surface area contributed by atoms with Gasteiger partial charge in [-0.05, 0) is 49.3 Å². The fraction of sp³-hybridized carbons (Fsp3) is 0.500. The standard InChI is InChI=1S/C14H17F2NO2/c15-11-6-5-10(7-12(11)16)13(17)8-1-3-9(4-2-8)14(18)19/h5-9,13H,1-4,17H2,(H,18,19). The summed E-state index contributed by atoms with van der Waals surface area (Å²) >= 11 is 0. The Labute approximate surface area is 110 Å². The van der Waals surface area contributed by atoms with Crippen LogP contribution >= 0.6 is 0 Å². The molecule has 5 heteroatoms. The summed E-state index contributed by atoms with van der Waals surface area (Å²) < 4.78 is 26.0. The van der Waals surface area contributed by atoms with E-state index in [9.17, 15) is 13.6 Å². The lowest BCUT2D eigenvalue weighted by atomic mass is 9.77. The molecular formula is C14H17F2NO2. The highest BCUT2D eigenvalue weighted by Gasteiger charge is 2.29. The second-order valence-electron chi connectivity index (χ2n) is 5.15. The second kappa shape index (κ2) is 5.65. The first-order valence-electron chi connectivity index (χ1n) is 6.42. The first-order valence-corrected chi connectivity index (χ1v) is 6.42. The zero-order chi connectivity index (χ0) is 14.0. The Bertz CT molecular complexity index is 471. The molecule has 1 fully saturated rings. The van der Waals surface area contributed by atoms with Crippen molar-refractivity contribution >= 4 is 5.97 Å². The summed E-state index contributed by atoms with van der Waals surface area (Å²) in [6, 6.07) is 3.33. The number of rotatable bonds is 3. The van der Waals surface area contributed by atoms with Crippen molar-refractivity contribution in [2.75, 3.05) is 0 Å². The van der Waals surface area contributed by atoms with E-state index in [-0.39, 0.29) is 17.9 Å². The Morgan fingerprint density at radius 1 is 1.21 bits per heavy atom. The van der Waals surface area contributed by atoms with Gasteiger partial charge in [0, 0.05) is 6.04 Å². The van der Waals surface area contributed by atoms with Gasteiger partial charge in [0.15, 0.2) is 11.6 Å². The van der Waals surface area contributed by atoms with Gasteiger partial charge in [0.1, 0.15) is 0 Å². The Balaban J connectivity index is 2.02. The molecule has 0 radical (unpaired) electrons. The number of nitrogens with two attached hydrogens (primary N) is 1. The SMILES string of the molecule is NC(c1ccc(F)c(F)c1)C1CCC(C(=O)O)CC1. The van der Waals surface area contributed by atoms with Gasteiger partial charge in [0.25, 0.3) is 0 Å². The monoisotopic (exact) mass is 269 g/mol. The molecule has 19 heavy (non-hydrogen) atoms. The number of halogens is 2. The third kappa shape index (κ3) is 3.10. The number of carboxylic acid groups (broad SMARTS) is 1. The molecule has 1 aromatic rings. The molecule has 1 aliphatic rings. The van der Waals surface area contributed by atoms with Gasteiger partial charge in [0.2, 0.25) is 0 Å². The van der Waals surface area contributed by atoms with E-state index in [4.69, 9.17) is 10.8 Å². The van der Waals surface area contributed by atoms with Crippen LogP contribution in [0.5, 0.6) is 0 Å². The largest absolute Gasteiger partial charge is 0.481 e. The van der Waals surface area contributed by atoms with Gasteiger partial charge in [-0.2, -0.15) is 0 Å². The van der Waals surface area contributed by atoms with Crippen LogP contribution in [0.4, 0.5) is 8.78 Å². The van der Waals surface area contributed by atoms with Crippen LogP contribution in [0.25, 0.3) is 0 Å². The summed E-state index contributed by atoms with van der Waals surface area (Å²) in [5, 5.41) is 8.92. The number of carboxylic acids is 1. The molecule has 0 heterocycles. The van der Waals surface area contributed by atoms with Crippen molar-refractivity contribution in [2.24, 2.45) is 17.6 Å². The second-order valence-corrected chi connectivity index (χ2v) is 5.15. The number of aliphatic carboxylic acids is 1. The fourth-order valence-corrected chi connectivity index (χ4v) is 2.72. The van der Waals surface area contributed by atoms with Crippen molar-refractivity contribution in [2.45, 2.75) is 31.7 Å². The highest BCUT2D eigenvalue weighted by atomic mass is 19.2. The smallest absolute Gasteiger partial charge is 0.306 e. The van der Waals surface area contributed by atoms with E-state index in [1.54, 1.807) is 0 Å². The summed E-state index contributed by atoms with van der Waals surface area (Å²) in [4.78, 5) is 10.9. The highest BCUT2D eigenvalue weighted by molar-refractivity contribution is 5.70. The Kier molecular flexibility index (Phi) is 4.14. The molecule has 0 saturated heterocycles. The highest BCUT2D eigenvalue weighted by Crippen LogP contribution is 2.36. The number of benzene rings is 1. The van der Waals surface area contributed by atoms with E-state index in [1.807, 2.05) is 0 Å². The molecule has 1 aliphatic carbocycles. The van der Waals surface area contributed by atoms with Crippen LogP contribution < -0.4 is 5.73 Å². The van der Waals surface area contributed by atoms with Gasteiger partial charge >= 0.3 is 5.97 Å². The Hall–Kier alpha value is -1.49. The molecule has 1 aromatic carbocycles. The van der Waals surface area contributed by atoms with Gasteiger partial charge in [-0.15, -0.1) is 0 Å². The van der Waals surface area contributed by atoms with Crippen molar-refractivity contribution in [3.63, 3.8) is 0 Å². The first kappa shape index (κ1) is 13.9. The number of carbonyl (C=O) groups is 1. The lowest BCUT2D eigenvalue weighted by Gasteiger charge is -2.30. The Morgan fingerprint density at radius 3 is 2.37 bits per heavy atom. The van der Waals surface area contributed by atoms with Crippen LogP contribution in [0.15, 0.2) is 18.2 Å². The van der Waals surface area contributed by atoms with E-state index in [1.165, 1.54) is 6.07 Å². The zero-order valence-corrected chi connectivity index (χ0v) is 10.5. The quantitative estimate of drug-likeness (QED) is 0.886. The molecule has 2 rings (SSSR count). The van der Waals surface area contributed by atoms with Crippen molar-refractivity contribution in [3.05, 3.63) is 35.4 Å². The maximum absolute atomic E-state index is 13.2. The fourth-order valence-electron chi connectivity index (χ4n) is 2.72.